The SMILES string of the molecule is Cc1noc(C2CCCN(C(=O)C3(n4cccn4)CCNCC3)C2)n1.Cl. The number of carbonyl (C=O) groups is 1. The molecule has 0 aromatic carbocycles. The number of nitrogens with one attached hydrogen (secondary N) is 1. The van der Waals surface area contributed by atoms with Gasteiger partial charge in [0.1, 0.15) is 5.54 Å². The van der Waals surface area contributed by atoms with Gasteiger partial charge in [0.25, 0.3) is 5.91 Å². The number of likely N-dealkylation sites (tertiary alicyclic amines) is 1. The fourth-order valence-corrected chi connectivity index (χ4v) is 4.04. The minimum Gasteiger partial charge on any atom is -0.340 e. The Bertz CT molecular complexity index is 725. The minimum absolute atomic E-state index is 0. The summed E-state index contributed by atoms with van der Waals surface area (Å²) >= 11 is 0. The Balaban J connectivity index is 0.00000196. The highest BCUT2D eigenvalue weighted by Crippen LogP contribution is 2.33. The second kappa shape index (κ2) is 7.75. The molecule has 0 saturated carbocycles. The Morgan fingerprint density at radius 1 is 1.38 bits per heavy atom. The molecule has 8 nitrogen and oxygen atoms in total. The van der Waals surface area contributed by atoms with Crippen LogP contribution in [-0.4, -0.2) is 56.9 Å². The summed E-state index contributed by atoms with van der Waals surface area (Å²) in [5.41, 5.74) is -0.582. The molecular weight excluding hydrogens is 356 g/mol. The van der Waals surface area contributed by atoms with Crippen LogP contribution in [-0.2, 0) is 10.3 Å². The maximum atomic E-state index is 13.5. The van der Waals surface area contributed by atoms with Crippen LogP contribution in [0.4, 0.5) is 0 Å². The first-order valence-electron chi connectivity index (χ1n) is 8.99. The zero-order chi connectivity index (χ0) is 17.3. The van der Waals surface area contributed by atoms with E-state index in [1.807, 2.05) is 28.8 Å². The molecular formula is C17H25ClN6O2. The van der Waals surface area contributed by atoms with Gasteiger partial charge in [0.2, 0.25) is 5.89 Å². The summed E-state index contributed by atoms with van der Waals surface area (Å²) in [5.74, 6) is 1.58. The van der Waals surface area contributed by atoms with Crippen molar-refractivity contribution in [1.29, 1.82) is 0 Å². The van der Waals surface area contributed by atoms with Gasteiger partial charge in [-0.05, 0) is 51.8 Å². The number of halogens is 1. The molecule has 142 valence electrons. The third-order valence-corrected chi connectivity index (χ3v) is 5.37. The van der Waals surface area contributed by atoms with Gasteiger partial charge in [0, 0.05) is 25.5 Å². The zero-order valence-electron chi connectivity index (χ0n) is 14.9. The Morgan fingerprint density at radius 2 is 2.19 bits per heavy atom. The molecule has 0 bridgehead atoms. The maximum Gasteiger partial charge on any atom is 0.250 e. The van der Waals surface area contributed by atoms with Gasteiger partial charge in [-0.3, -0.25) is 9.48 Å². The van der Waals surface area contributed by atoms with E-state index in [0.29, 0.717) is 18.3 Å². The van der Waals surface area contributed by atoms with Crippen LogP contribution in [0.2, 0.25) is 0 Å². The van der Waals surface area contributed by atoms with Crippen molar-refractivity contribution in [1.82, 2.24) is 30.1 Å². The molecule has 2 aromatic rings. The van der Waals surface area contributed by atoms with E-state index < -0.39 is 5.54 Å². The molecule has 2 saturated heterocycles. The summed E-state index contributed by atoms with van der Waals surface area (Å²) in [7, 11) is 0. The Kier molecular flexibility index (Phi) is 5.62. The predicted molar refractivity (Wildman–Crippen MR) is 97.1 cm³/mol. The molecule has 4 rings (SSSR count). The lowest BCUT2D eigenvalue weighted by atomic mass is 9.85. The maximum absolute atomic E-state index is 13.5. The molecule has 2 aliphatic heterocycles. The highest BCUT2D eigenvalue weighted by Gasteiger charge is 2.45. The third-order valence-electron chi connectivity index (χ3n) is 5.37. The van der Waals surface area contributed by atoms with Gasteiger partial charge in [0.05, 0.1) is 5.92 Å². The largest absolute Gasteiger partial charge is 0.340 e. The molecule has 2 aliphatic rings. The number of hydrogen-bond donors (Lipinski definition) is 1. The summed E-state index contributed by atoms with van der Waals surface area (Å²) in [6.45, 7) is 4.88. The minimum atomic E-state index is -0.582. The van der Waals surface area contributed by atoms with E-state index in [0.717, 1.165) is 45.3 Å². The number of aromatic nitrogens is 4. The van der Waals surface area contributed by atoms with Crippen LogP contribution < -0.4 is 5.32 Å². The lowest BCUT2D eigenvalue weighted by Gasteiger charge is -2.42. The van der Waals surface area contributed by atoms with Gasteiger partial charge >= 0.3 is 0 Å². The molecule has 1 unspecified atom stereocenters. The molecule has 26 heavy (non-hydrogen) atoms. The molecule has 4 heterocycles. The fourth-order valence-electron chi connectivity index (χ4n) is 4.04. The second-order valence-corrected chi connectivity index (χ2v) is 7.00. The first-order chi connectivity index (χ1) is 12.2. The smallest absolute Gasteiger partial charge is 0.250 e. The van der Waals surface area contributed by atoms with Crippen LogP contribution in [0.25, 0.3) is 0 Å². The quantitative estimate of drug-likeness (QED) is 0.867. The van der Waals surface area contributed by atoms with Gasteiger partial charge in [-0.1, -0.05) is 5.16 Å². The molecule has 9 heteroatoms. The van der Waals surface area contributed by atoms with Gasteiger partial charge in [-0.15, -0.1) is 12.4 Å². The molecule has 0 radical (unpaired) electrons. The highest BCUT2D eigenvalue weighted by molar-refractivity contribution is 5.85. The van der Waals surface area contributed by atoms with Crippen LogP contribution in [0.15, 0.2) is 23.0 Å². The van der Waals surface area contributed by atoms with E-state index in [4.69, 9.17) is 4.52 Å². The Labute approximate surface area is 158 Å². The monoisotopic (exact) mass is 380 g/mol. The van der Waals surface area contributed by atoms with Crippen molar-refractivity contribution < 1.29 is 9.32 Å². The first-order valence-corrected chi connectivity index (χ1v) is 8.99. The van der Waals surface area contributed by atoms with E-state index in [2.05, 4.69) is 20.6 Å². The summed E-state index contributed by atoms with van der Waals surface area (Å²) in [6.07, 6.45) is 7.10. The van der Waals surface area contributed by atoms with E-state index in [-0.39, 0.29) is 24.2 Å². The second-order valence-electron chi connectivity index (χ2n) is 7.00. The third kappa shape index (κ3) is 3.35. The molecule has 1 N–H and O–H groups in total. The van der Waals surface area contributed by atoms with Crippen LogP contribution in [0.1, 0.15) is 43.3 Å². The molecule has 0 spiro atoms. The standard InChI is InChI=1S/C17H24N6O2.ClH/c1-13-20-15(25-21-13)14-4-2-10-22(12-14)16(24)17(5-8-18-9-6-17)23-11-3-7-19-23;/h3,7,11,14,18H,2,4-6,8-10,12H2,1H3;1H. The van der Waals surface area contributed by atoms with Crippen molar-refractivity contribution in [3.8, 4) is 0 Å². The van der Waals surface area contributed by atoms with Crippen molar-refractivity contribution in [2.45, 2.75) is 44.1 Å². The topological polar surface area (TPSA) is 89.1 Å². The number of aryl methyl sites for hydroxylation is 1. The summed E-state index contributed by atoms with van der Waals surface area (Å²) in [4.78, 5) is 19.9. The van der Waals surface area contributed by atoms with Crippen molar-refractivity contribution in [2.75, 3.05) is 26.2 Å². The Hall–Kier alpha value is -1.93. The number of rotatable bonds is 3. The van der Waals surface area contributed by atoms with Gasteiger partial charge in [-0.25, -0.2) is 0 Å². The molecule has 0 aliphatic carbocycles. The van der Waals surface area contributed by atoms with E-state index in [9.17, 15) is 4.79 Å². The van der Waals surface area contributed by atoms with E-state index >= 15 is 0 Å². The number of piperidine rings is 2. The van der Waals surface area contributed by atoms with Crippen LogP contribution >= 0.6 is 12.4 Å². The van der Waals surface area contributed by atoms with Gasteiger partial charge in [0.15, 0.2) is 5.82 Å². The normalized spacial score (nSPS) is 22.7. The fraction of sp³-hybridized carbons (Fsp3) is 0.647. The first kappa shape index (κ1) is 18.8. The highest BCUT2D eigenvalue weighted by atomic mass is 35.5. The lowest BCUT2D eigenvalue weighted by molar-refractivity contribution is -0.144. The molecule has 1 amide bonds. The average Bonchev–Trinajstić information content (AvgIpc) is 3.34. The van der Waals surface area contributed by atoms with Crippen molar-refractivity contribution in [3.05, 3.63) is 30.2 Å². The summed E-state index contributed by atoms with van der Waals surface area (Å²) < 4.78 is 7.21. The van der Waals surface area contributed by atoms with E-state index in [1.54, 1.807) is 6.20 Å². The summed E-state index contributed by atoms with van der Waals surface area (Å²) in [6, 6.07) is 1.89. The number of nitrogens with zero attached hydrogens (tertiary/aromatic N) is 5. The van der Waals surface area contributed by atoms with Gasteiger partial charge in [-0.2, -0.15) is 10.1 Å². The van der Waals surface area contributed by atoms with Crippen molar-refractivity contribution in [2.24, 2.45) is 0 Å². The van der Waals surface area contributed by atoms with Crippen LogP contribution in [0.3, 0.4) is 0 Å². The lowest BCUT2D eigenvalue weighted by Crippen LogP contribution is -2.57. The molecule has 2 aromatic heterocycles. The average molecular weight is 381 g/mol. The predicted octanol–water partition coefficient (Wildman–Crippen LogP) is 1.48. The zero-order valence-corrected chi connectivity index (χ0v) is 15.7. The molecule has 1 atom stereocenters. The Morgan fingerprint density at radius 3 is 2.85 bits per heavy atom. The number of hydrogen-bond acceptors (Lipinski definition) is 6. The van der Waals surface area contributed by atoms with Crippen molar-refractivity contribution in [3.63, 3.8) is 0 Å². The molecule has 2 fully saturated rings. The van der Waals surface area contributed by atoms with Crippen LogP contribution in [0.5, 0.6) is 0 Å². The van der Waals surface area contributed by atoms with Crippen molar-refractivity contribution >= 4 is 18.3 Å². The van der Waals surface area contributed by atoms with Crippen LogP contribution in [0, 0.1) is 6.92 Å². The van der Waals surface area contributed by atoms with E-state index in [1.165, 1.54) is 0 Å². The van der Waals surface area contributed by atoms with Gasteiger partial charge < -0.3 is 14.7 Å². The summed E-state index contributed by atoms with van der Waals surface area (Å²) in [5, 5.41) is 11.7. The number of carbonyl (C=O) groups excluding carboxylic acids is 1. The number of amides is 1.